The van der Waals surface area contributed by atoms with Crippen LogP contribution in [0.2, 0.25) is 0 Å². The van der Waals surface area contributed by atoms with Crippen LogP contribution in [0.1, 0.15) is 16.1 Å². The highest BCUT2D eigenvalue weighted by Gasteiger charge is 2.14. The molecule has 0 saturated heterocycles. The minimum Gasteiger partial charge on any atom is -0.379 e. The molecule has 0 atom stereocenters. The first-order valence-electron chi connectivity index (χ1n) is 5.87. The van der Waals surface area contributed by atoms with Gasteiger partial charge in [-0.1, -0.05) is 6.07 Å². The largest absolute Gasteiger partial charge is 0.379 e. The first-order valence-corrected chi connectivity index (χ1v) is 6.66. The monoisotopic (exact) mass is 352 g/mol. The van der Waals surface area contributed by atoms with E-state index in [2.05, 4.69) is 41.4 Å². The van der Waals surface area contributed by atoms with E-state index in [9.17, 15) is 4.79 Å². The molecule has 21 heavy (non-hydrogen) atoms. The van der Waals surface area contributed by atoms with Crippen molar-refractivity contribution in [2.75, 3.05) is 24.7 Å². The first kappa shape index (κ1) is 15.0. The molecule has 0 saturated carbocycles. The Morgan fingerprint density at radius 1 is 1.48 bits per heavy atom. The van der Waals surface area contributed by atoms with Gasteiger partial charge in [-0.25, -0.2) is 10.1 Å². The Hall–Kier alpha value is -2.42. The van der Waals surface area contributed by atoms with Gasteiger partial charge in [-0.15, -0.1) is 0 Å². The van der Waals surface area contributed by atoms with Crippen molar-refractivity contribution in [3.05, 3.63) is 33.9 Å². The van der Waals surface area contributed by atoms with E-state index in [4.69, 9.17) is 5.73 Å². The molecule has 1 aromatic heterocycles. The van der Waals surface area contributed by atoms with E-state index in [1.807, 2.05) is 37.2 Å². The quantitative estimate of drug-likeness (QED) is 0.632. The smallest absolute Gasteiger partial charge is 0.297 e. The number of hydrazone groups is 1. The maximum atomic E-state index is 11.6. The number of carbonyl (C=O) groups excluding carboxylic acids is 1. The van der Waals surface area contributed by atoms with Crippen LogP contribution in [-0.2, 0) is 0 Å². The number of nitrogens with zero attached hydrogens (tertiary/aromatic N) is 4. The molecule has 1 aromatic carbocycles. The zero-order valence-corrected chi connectivity index (χ0v) is 13.0. The average molecular weight is 353 g/mol. The summed E-state index contributed by atoms with van der Waals surface area (Å²) in [6.45, 7) is 0. The fourth-order valence-corrected chi connectivity index (χ4v) is 2.29. The number of hydrogen-bond acceptors (Lipinski definition) is 7. The lowest BCUT2D eigenvalue weighted by Gasteiger charge is -2.14. The molecular formula is C12H13BrN6O2. The Morgan fingerprint density at radius 2 is 2.24 bits per heavy atom. The highest BCUT2D eigenvalue weighted by molar-refractivity contribution is 9.10. The normalized spacial score (nSPS) is 10.8. The predicted molar refractivity (Wildman–Crippen MR) is 82.2 cm³/mol. The van der Waals surface area contributed by atoms with Crippen LogP contribution >= 0.6 is 15.9 Å². The minimum atomic E-state index is -0.589. The van der Waals surface area contributed by atoms with Gasteiger partial charge >= 0.3 is 0 Å². The second-order valence-electron chi connectivity index (χ2n) is 4.30. The highest BCUT2D eigenvalue weighted by Crippen LogP contribution is 2.25. The summed E-state index contributed by atoms with van der Waals surface area (Å²) in [6.07, 6.45) is 1.51. The van der Waals surface area contributed by atoms with Gasteiger partial charge in [-0.2, -0.15) is 5.10 Å². The number of amides is 1. The van der Waals surface area contributed by atoms with Gasteiger partial charge in [0, 0.05) is 18.6 Å². The number of carbonyl (C=O) groups is 1. The van der Waals surface area contributed by atoms with Gasteiger partial charge in [-0.05, 0) is 43.9 Å². The summed E-state index contributed by atoms with van der Waals surface area (Å²) in [5, 5.41) is 10.5. The van der Waals surface area contributed by atoms with Crippen molar-refractivity contribution in [2.24, 2.45) is 5.10 Å². The Balaban J connectivity index is 2.03. The van der Waals surface area contributed by atoms with Crippen LogP contribution < -0.4 is 16.1 Å². The number of aromatic nitrogens is 2. The summed E-state index contributed by atoms with van der Waals surface area (Å²) in [4.78, 5) is 13.6. The molecule has 0 aliphatic heterocycles. The van der Waals surface area contributed by atoms with Crippen molar-refractivity contribution in [2.45, 2.75) is 0 Å². The highest BCUT2D eigenvalue weighted by atomic mass is 79.9. The number of hydrogen-bond donors (Lipinski definition) is 2. The molecule has 2 aromatic rings. The fourth-order valence-electron chi connectivity index (χ4n) is 1.54. The van der Waals surface area contributed by atoms with Crippen molar-refractivity contribution in [3.8, 4) is 0 Å². The predicted octanol–water partition coefficient (Wildman–Crippen LogP) is 1.24. The van der Waals surface area contributed by atoms with E-state index in [-0.39, 0.29) is 11.5 Å². The lowest BCUT2D eigenvalue weighted by Crippen LogP contribution is -2.19. The molecule has 0 bridgehead atoms. The Morgan fingerprint density at radius 3 is 2.81 bits per heavy atom. The molecule has 1 amide bonds. The Kier molecular flexibility index (Phi) is 4.53. The summed E-state index contributed by atoms with van der Waals surface area (Å²) >= 11 is 3.47. The second-order valence-corrected chi connectivity index (χ2v) is 5.16. The van der Waals surface area contributed by atoms with Gasteiger partial charge in [-0.3, -0.25) is 4.79 Å². The lowest BCUT2D eigenvalue weighted by atomic mass is 10.2. The third kappa shape index (κ3) is 3.57. The van der Waals surface area contributed by atoms with E-state index in [0.717, 1.165) is 15.7 Å². The molecule has 0 aliphatic carbocycles. The third-order valence-electron chi connectivity index (χ3n) is 2.56. The van der Waals surface area contributed by atoms with Crippen molar-refractivity contribution in [1.29, 1.82) is 0 Å². The molecule has 0 fully saturated rings. The fraction of sp³-hybridized carbons (Fsp3) is 0.167. The maximum absolute atomic E-state index is 11.6. The van der Waals surface area contributed by atoms with Gasteiger partial charge in [0.1, 0.15) is 0 Å². The van der Waals surface area contributed by atoms with Crippen molar-refractivity contribution in [3.63, 3.8) is 0 Å². The van der Waals surface area contributed by atoms with Crippen LogP contribution in [0, 0.1) is 0 Å². The van der Waals surface area contributed by atoms with E-state index >= 15 is 0 Å². The van der Waals surface area contributed by atoms with Gasteiger partial charge < -0.3 is 10.6 Å². The first-order chi connectivity index (χ1) is 9.99. The van der Waals surface area contributed by atoms with Crippen LogP contribution in [0.25, 0.3) is 0 Å². The molecule has 1 heterocycles. The Bertz CT molecular complexity index is 682. The number of nitrogens with one attached hydrogen (secondary N) is 1. The standard InChI is InChI=1S/C12H13BrN6O2/c1-19(2)9-4-3-7(5-8(9)13)6-15-16-12(20)10-11(14)18-21-17-10/h3-6H,1-2H3,(H2,14,18)(H,16,20). The van der Waals surface area contributed by atoms with Crippen molar-refractivity contribution in [1.82, 2.24) is 15.7 Å². The van der Waals surface area contributed by atoms with Crippen LogP contribution in [0.3, 0.4) is 0 Å². The molecule has 2 rings (SSSR count). The summed E-state index contributed by atoms with van der Waals surface area (Å²) in [5.74, 6) is -0.672. The number of halogens is 1. The van der Waals surface area contributed by atoms with Gasteiger partial charge in [0.15, 0.2) is 0 Å². The number of nitrogen functional groups attached to an aromatic ring is 1. The number of nitrogens with two attached hydrogens (primary N) is 1. The Labute approximate surface area is 129 Å². The summed E-state index contributed by atoms with van der Waals surface area (Å²) in [7, 11) is 3.90. The van der Waals surface area contributed by atoms with Crippen molar-refractivity contribution >= 4 is 39.6 Å². The average Bonchev–Trinajstić information content (AvgIpc) is 2.84. The number of rotatable bonds is 4. The third-order valence-corrected chi connectivity index (χ3v) is 3.20. The molecule has 0 unspecified atom stereocenters. The minimum absolute atomic E-state index is 0.0826. The molecule has 0 radical (unpaired) electrons. The van der Waals surface area contributed by atoms with Gasteiger partial charge in [0.2, 0.25) is 11.5 Å². The zero-order chi connectivity index (χ0) is 15.4. The van der Waals surface area contributed by atoms with Crippen LogP contribution in [0.4, 0.5) is 11.5 Å². The molecular weight excluding hydrogens is 340 g/mol. The van der Waals surface area contributed by atoms with E-state index in [0.29, 0.717) is 0 Å². The second kappa shape index (κ2) is 6.35. The van der Waals surface area contributed by atoms with E-state index in [1.54, 1.807) is 0 Å². The topological polar surface area (TPSA) is 110 Å². The summed E-state index contributed by atoms with van der Waals surface area (Å²) in [6, 6.07) is 5.70. The molecule has 9 heteroatoms. The maximum Gasteiger partial charge on any atom is 0.297 e. The zero-order valence-electron chi connectivity index (χ0n) is 11.4. The molecule has 0 spiro atoms. The SMILES string of the molecule is CN(C)c1ccc(C=NNC(=O)c2nonc2N)cc1Br. The molecule has 3 N–H and O–H groups in total. The molecule has 8 nitrogen and oxygen atoms in total. The van der Waals surface area contributed by atoms with Gasteiger partial charge in [0.05, 0.1) is 11.9 Å². The summed E-state index contributed by atoms with van der Waals surface area (Å²) < 4.78 is 5.26. The van der Waals surface area contributed by atoms with Crippen LogP contribution in [-0.4, -0.2) is 36.5 Å². The van der Waals surface area contributed by atoms with Crippen LogP contribution in [0.5, 0.6) is 0 Å². The van der Waals surface area contributed by atoms with Crippen molar-refractivity contribution < 1.29 is 9.42 Å². The molecule has 110 valence electrons. The van der Waals surface area contributed by atoms with Crippen LogP contribution in [0.15, 0.2) is 32.4 Å². The van der Waals surface area contributed by atoms with E-state index < -0.39 is 5.91 Å². The number of anilines is 2. The molecule has 0 aliphatic rings. The number of benzene rings is 1. The lowest BCUT2D eigenvalue weighted by molar-refractivity contribution is 0.0946. The summed E-state index contributed by atoms with van der Waals surface area (Å²) in [5.41, 5.74) is 9.45. The van der Waals surface area contributed by atoms with E-state index in [1.165, 1.54) is 6.21 Å². The van der Waals surface area contributed by atoms with Gasteiger partial charge in [0.25, 0.3) is 5.91 Å².